The lowest BCUT2D eigenvalue weighted by Gasteiger charge is -2.07. The normalized spacial score (nSPS) is 12.7. The van der Waals surface area contributed by atoms with Crippen molar-refractivity contribution in [3.05, 3.63) is 40.2 Å². The topological polar surface area (TPSA) is 125 Å². The fraction of sp³-hybridized carbons (Fsp3) is 0.294. The molecule has 3 aromatic rings. The second-order valence-corrected chi connectivity index (χ2v) is 5.96. The summed E-state index contributed by atoms with van der Waals surface area (Å²) in [5.41, 5.74) is 6.10. The van der Waals surface area contributed by atoms with Crippen molar-refractivity contribution in [3.8, 4) is 17.2 Å². The summed E-state index contributed by atoms with van der Waals surface area (Å²) in [5.74, 6) is 0.910. The molecule has 2 aromatic heterocycles. The van der Waals surface area contributed by atoms with Crippen LogP contribution in [0.5, 0.6) is 11.5 Å². The molecule has 0 radical (unpaired) electrons. The lowest BCUT2D eigenvalue weighted by molar-refractivity contribution is 0.0996. The molecule has 134 valence electrons. The first kappa shape index (κ1) is 16.1. The van der Waals surface area contributed by atoms with Crippen molar-refractivity contribution in [1.29, 1.82) is 0 Å². The van der Waals surface area contributed by atoms with Crippen LogP contribution in [0.4, 0.5) is 0 Å². The van der Waals surface area contributed by atoms with Crippen LogP contribution < -0.4 is 20.9 Å². The van der Waals surface area contributed by atoms with Crippen LogP contribution >= 0.6 is 0 Å². The number of H-pyrrole nitrogens is 1. The maximum atomic E-state index is 12.6. The smallest absolute Gasteiger partial charge is 0.332 e. The number of hydrogen-bond donors (Lipinski definition) is 2. The third-order valence-electron chi connectivity index (χ3n) is 4.18. The Morgan fingerprint density at radius 1 is 1.31 bits per heavy atom. The molecule has 1 aliphatic heterocycles. The van der Waals surface area contributed by atoms with Crippen LogP contribution in [0.2, 0.25) is 0 Å². The minimum Gasteiger partial charge on any atom is -0.454 e. The molecular weight excluding hydrogens is 338 g/mol. The Morgan fingerprint density at radius 3 is 2.88 bits per heavy atom. The van der Waals surface area contributed by atoms with Gasteiger partial charge in [0.1, 0.15) is 11.3 Å². The number of ether oxygens (including phenoxy) is 2. The SMILES string of the molecule is CCCCc1nc(C(N)=O)c2[nH]c(=O)n(-c3ccc4c(c3)OCO4)c2n1. The molecule has 9 heteroatoms. The molecule has 1 amide bonds. The molecule has 0 bridgehead atoms. The van der Waals surface area contributed by atoms with E-state index in [0.29, 0.717) is 35.1 Å². The summed E-state index contributed by atoms with van der Waals surface area (Å²) in [5, 5.41) is 0. The molecule has 1 aliphatic rings. The van der Waals surface area contributed by atoms with Gasteiger partial charge in [-0.25, -0.2) is 19.3 Å². The van der Waals surface area contributed by atoms with Gasteiger partial charge in [-0.1, -0.05) is 13.3 Å². The predicted molar refractivity (Wildman–Crippen MR) is 92.7 cm³/mol. The van der Waals surface area contributed by atoms with Gasteiger partial charge in [-0.05, 0) is 18.6 Å². The highest BCUT2D eigenvalue weighted by Crippen LogP contribution is 2.33. The van der Waals surface area contributed by atoms with E-state index in [1.165, 1.54) is 4.57 Å². The predicted octanol–water partition coefficient (Wildman–Crippen LogP) is 1.28. The number of nitrogens with zero attached hydrogens (tertiary/aromatic N) is 3. The number of aryl methyl sites for hydroxylation is 1. The Labute approximate surface area is 147 Å². The zero-order valence-electron chi connectivity index (χ0n) is 14.1. The molecule has 4 rings (SSSR count). The number of hydrogen-bond acceptors (Lipinski definition) is 6. The van der Waals surface area contributed by atoms with Gasteiger partial charge in [-0.2, -0.15) is 0 Å². The van der Waals surface area contributed by atoms with Crippen LogP contribution in [-0.4, -0.2) is 32.2 Å². The van der Waals surface area contributed by atoms with E-state index in [2.05, 4.69) is 15.0 Å². The first-order chi connectivity index (χ1) is 12.6. The summed E-state index contributed by atoms with van der Waals surface area (Å²) < 4.78 is 12.0. The Hall–Kier alpha value is -3.36. The van der Waals surface area contributed by atoms with Crippen molar-refractivity contribution < 1.29 is 14.3 Å². The summed E-state index contributed by atoms with van der Waals surface area (Å²) in [6, 6.07) is 5.13. The lowest BCUT2D eigenvalue weighted by atomic mass is 10.2. The van der Waals surface area contributed by atoms with E-state index in [1.807, 2.05) is 6.92 Å². The number of aromatic amines is 1. The minimum atomic E-state index is -0.714. The summed E-state index contributed by atoms with van der Waals surface area (Å²) in [6.07, 6.45) is 2.41. The van der Waals surface area contributed by atoms with Crippen molar-refractivity contribution in [2.45, 2.75) is 26.2 Å². The van der Waals surface area contributed by atoms with Crippen LogP contribution in [0.15, 0.2) is 23.0 Å². The number of carbonyl (C=O) groups excluding carboxylic acids is 1. The molecule has 0 aliphatic carbocycles. The molecule has 9 nitrogen and oxygen atoms in total. The number of benzene rings is 1. The van der Waals surface area contributed by atoms with Gasteiger partial charge < -0.3 is 20.2 Å². The molecule has 0 spiro atoms. The first-order valence-corrected chi connectivity index (χ1v) is 8.30. The van der Waals surface area contributed by atoms with Crippen LogP contribution in [0.1, 0.15) is 36.1 Å². The second kappa shape index (κ2) is 6.17. The molecule has 0 unspecified atom stereocenters. The van der Waals surface area contributed by atoms with Gasteiger partial charge in [0.15, 0.2) is 22.8 Å². The summed E-state index contributed by atoms with van der Waals surface area (Å²) in [6.45, 7) is 2.18. The molecule has 0 atom stereocenters. The zero-order chi connectivity index (χ0) is 18.3. The maximum absolute atomic E-state index is 12.6. The molecule has 0 saturated heterocycles. The Morgan fingerprint density at radius 2 is 2.12 bits per heavy atom. The van der Waals surface area contributed by atoms with Gasteiger partial charge in [0, 0.05) is 12.5 Å². The number of carbonyl (C=O) groups is 1. The second-order valence-electron chi connectivity index (χ2n) is 5.96. The summed E-state index contributed by atoms with van der Waals surface area (Å²) in [7, 11) is 0. The Balaban J connectivity index is 1.94. The third-order valence-corrected chi connectivity index (χ3v) is 4.18. The van der Waals surface area contributed by atoms with Gasteiger partial charge in [-0.15, -0.1) is 0 Å². The zero-order valence-corrected chi connectivity index (χ0v) is 14.1. The highest BCUT2D eigenvalue weighted by Gasteiger charge is 2.21. The van der Waals surface area contributed by atoms with Gasteiger partial charge >= 0.3 is 5.69 Å². The van der Waals surface area contributed by atoms with E-state index < -0.39 is 11.6 Å². The van der Waals surface area contributed by atoms with E-state index in [4.69, 9.17) is 15.2 Å². The fourth-order valence-electron chi connectivity index (χ4n) is 2.92. The number of unbranched alkanes of at least 4 members (excludes halogenated alkanes) is 1. The largest absolute Gasteiger partial charge is 0.454 e. The van der Waals surface area contributed by atoms with Crippen LogP contribution in [0.25, 0.3) is 16.9 Å². The monoisotopic (exact) mass is 355 g/mol. The van der Waals surface area contributed by atoms with E-state index in [0.717, 1.165) is 12.8 Å². The number of fused-ring (bicyclic) bond motifs is 2. The van der Waals surface area contributed by atoms with Crippen molar-refractivity contribution >= 4 is 17.1 Å². The van der Waals surface area contributed by atoms with Gasteiger partial charge in [0.2, 0.25) is 6.79 Å². The quantitative estimate of drug-likeness (QED) is 0.710. The standard InChI is InChI=1S/C17H17N5O4/c1-2-3-4-12-19-13(15(18)23)14-16(20-12)22(17(24)21-14)9-5-6-10-11(7-9)26-8-25-10/h5-7H,2-4,8H2,1H3,(H2,18,23)(H,21,24). The van der Waals surface area contributed by atoms with E-state index in [1.54, 1.807) is 18.2 Å². The average molecular weight is 355 g/mol. The fourth-order valence-corrected chi connectivity index (χ4v) is 2.92. The van der Waals surface area contributed by atoms with Crippen molar-refractivity contribution in [1.82, 2.24) is 19.5 Å². The summed E-state index contributed by atoms with van der Waals surface area (Å²) >= 11 is 0. The minimum absolute atomic E-state index is 0.0118. The molecular formula is C17H17N5O4. The highest BCUT2D eigenvalue weighted by molar-refractivity contribution is 6.01. The van der Waals surface area contributed by atoms with E-state index in [9.17, 15) is 9.59 Å². The summed E-state index contributed by atoms with van der Waals surface area (Å²) in [4.78, 5) is 35.7. The number of nitrogens with two attached hydrogens (primary N) is 1. The van der Waals surface area contributed by atoms with Gasteiger partial charge in [0.05, 0.1) is 5.69 Å². The Bertz CT molecular complexity index is 1070. The van der Waals surface area contributed by atoms with Crippen molar-refractivity contribution in [2.24, 2.45) is 5.73 Å². The van der Waals surface area contributed by atoms with Crippen LogP contribution in [0.3, 0.4) is 0 Å². The van der Waals surface area contributed by atoms with Crippen LogP contribution in [0, 0.1) is 0 Å². The third kappa shape index (κ3) is 2.57. The highest BCUT2D eigenvalue weighted by atomic mass is 16.7. The Kier molecular flexibility index (Phi) is 3.83. The van der Waals surface area contributed by atoms with Crippen molar-refractivity contribution in [3.63, 3.8) is 0 Å². The molecule has 3 N–H and O–H groups in total. The number of rotatable bonds is 5. The number of imidazole rings is 1. The molecule has 0 saturated carbocycles. The number of amides is 1. The maximum Gasteiger partial charge on any atom is 0.332 e. The van der Waals surface area contributed by atoms with E-state index in [-0.39, 0.29) is 18.0 Å². The first-order valence-electron chi connectivity index (χ1n) is 8.30. The molecule has 1 aromatic carbocycles. The number of nitrogens with one attached hydrogen (secondary N) is 1. The van der Waals surface area contributed by atoms with Crippen molar-refractivity contribution in [2.75, 3.05) is 6.79 Å². The molecule has 3 heterocycles. The van der Waals surface area contributed by atoms with E-state index >= 15 is 0 Å². The number of primary amides is 1. The molecule has 26 heavy (non-hydrogen) atoms. The van der Waals surface area contributed by atoms with Crippen LogP contribution in [-0.2, 0) is 6.42 Å². The molecule has 0 fully saturated rings. The van der Waals surface area contributed by atoms with Gasteiger partial charge in [0.25, 0.3) is 5.91 Å². The lowest BCUT2D eigenvalue weighted by Crippen LogP contribution is -2.16. The number of aromatic nitrogens is 4. The van der Waals surface area contributed by atoms with Gasteiger partial charge in [-0.3, -0.25) is 4.79 Å². The average Bonchev–Trinajstić information content (AvgIpc) is 3.21.